The summed E-state index contributed by atoms with van der Waals surface area (Å²) >= 11 is 0. The summed E-state index contributed by atoms with van der Waals surface area (Å²) in [6, 6.07) is 8.64. The molecule has 1 aliphatic rings. The second-order valence-corrected chi connectivity index (χ2v) is 5.02. The van der Waals surface area contributed by atoms with E-state index >= 15 is 0 Å². The van der Waals surface area contributed by atoms with Gasteiger partial charge >= 0.3 is 6.03 Å². The molecule has 6 nitrogen and oxygen atoms in total. The Bertz CT molecular complexity index is 488. The molecule has 1 heterocycles. The van der Waals surface area contributed by atoms with Crippen molar-refractivity contribution in [1.29, 1.82) is 5.26 Å². The van der Waals surface area contributed by atoms with Crippen LogP contribution in [-0.4, -0.2) is 50.2 Å². The van der Waals surface area contributed by atoms with Crippen LogP contribution in [-0.2, 0) is 0 Å². The molecule has 2 amide bonds. The van der Waals surface area contributed by atoms with Gasteiger partial charge in [0.25, 0.3) is 0 Å². The van der Waals surface area contributed by atoms with Gasteiger partial charge in [-0.05, 0) is 37.2 Å². The van der Waals surface area contributed by atoms with Crippen molar-refractivity contribution in [3.05, 3.63) is 29.8 Å². The highest BCUT2D eigenvalue weighted by Crippen LogP contribution is 2.08. The Labute approximate surface area is 125 Å². The van der Waals surface area contributed by atoms with E-state index in [0.717, 1.165) is 39.1 Å². The highest BCUT2D eigenvalue weighted by atomic mass is 16.2. The smallest absolute Gasteiger partial charge is 0.319 e. The second kappa shape index (κ2) is 8.25. The van der Waals surface area contributed by atoms with Gasteiger partial charge in [0.1, 0.15) is 0 Å². The van der Waals surface area contributed by atoms with Crippen LogP contribution in [0.1, 0.15) is 12.0 Å². The molecule has 21 heavy (non-hydrogen) atoms. The second-order valence-electron chi connectivity index (χ2n) is 5.02. The molecule has 0 saturated carbocycles. The lowest BCUT2D eigenvalue weighted by Gasteiger charge is -2.27. The van der Waals surface area contributed by atoms with Gasteiger partial charge in [0.15, 0.2) is 0 Å². The Hall–Kier alpha value is -2.10. The maximum Gasteiger partial charge on any atom is 0.319 e. The zero-order chi connectivity index (χ0) is 14.9. The molecule has 0 atom stereocenters. The zero-order valence-corrected chi connectivity index (χ0v) is 12.1. The molecule has 1 aromatic rings. The van der Waals surface area contributed by atoms with Gasteiger partial charge < -0.3 is 20.9 Å². The highest BCUT2D eigenvalue weighted by molar-refractivity contribution is 5.89. The van der Waals surface area contributed by atoms with Gasteiger partial charge in [0, 0.05) is 38.4 Å². The summed E-state index contributed by atoms with van der Waals surface area (Å²) in [7, 11) is 0. The monoisotopic (exact) mass is 287 g/mol. The van der Waals surface area contributed by atoms with Gasteiger partial charge in [-0.15, -0.1) is 0 Å². The fourth-order valence-corrected chi connectivity index (χ4v) is 2.24. The summed E-state index contributed by atoms with van der Waals surface area (Å²) in [5.74, 6) is 0. The minimum atomic E-state index is -0.208. The highest BCUT2D eigenvalue weighted by Gasteiger charge is 2.08. The van der Waals surface area contributed by atoms with Crippen LogP contribution >= 0.6 is 0 Å². The van der Waals surface area contributed by atoms with E-state index in [2.05, 4.69) is 20.9 Å². The van der Waals surface area contributed by atoms with Gasteiger partial charge in [0.05, 0.1) is 11.6 Å². The minimum absolute atomic E-state index is 0.208. The number of benzene rings is 1. The van der Waals surface area contributed by atoms with E-state index in [1.54, 1.807) is 24.3 Å². The molecule has 1 aromatic carbocycles. The van der Waals surface area contributed by atoms with E-state index in [9.17, 15) is 4.79 Å². The van der Waals surface area contributed by atoms with Crippen LogP contribution in [0.5, 0.6) is 0 Å². The number of hydrogen-bond donors (Lipinski definition) is 3. The first kappa shape index (κ1) is 15.3. The van der Waals surface area contributed by atoms with Gasteiger partial charge in [-0.3, -0.25) is 0 Å². The summed E-state index contributed by atoms with van der Waals surface area (Å²) in [4.78, 5) is 14.1. The standard InChI is InChI=1S/C15H21N5O/c16-12-13-2-4-14(5-3-13)19-15(21)18-6-1-9-20-10-7-17-8-11-20/h2-5,17H,1,6-11H2,(H2,18,19,21). The maximum absolute atomic E-state index is 11.7. The summed E-state index contributed by atoms with van der Waals surface area (Å²) in [5.41, 5.74) is 1.27. The molecule has 6 heteroatoms. The first-order chi connectivity index (χ1) is 10.3. The van der Waals surface area contributed by atoms with Crippen molar-refractivity contribution >= 4 is 11.7 Å². The van der Waals surface area contributed by atoms with Crippen LogP contribution < -0.4 is 16.0 Å². The molecular formula is C15H21N5O. The summed E-state index contributed by atoms with van der Waals surface area (Å²) in [6.45, 7) is 5.93. The third-order valence-electron chi connectivity index (χ3n) is 3.42. The Morgan fingerprint density at radius 1 is 1.29 bits per heavy atom. The van der Waals surface area contributed by atoms with Crippen LogP contribution in [0.2, 0.25) is 0 Å². The Kier molecular flexibility index (Phi) is 6.00. The third kappa shape index (κ3) is 5.42. The van der Waals surface area contributed by atoms with E-state index in [1.807, 2.05) is 6.07 Å². The molecule has 0 spiro atoms. The normalized spacial score (nSPS) is 15.2. The molecule has 1 aliphatic heterocycles. The zero-order valence-electron chi connectivity index (χ0n) is 12.1. The summed E-state index contributed by atoms with van der Waals surface area (Å²) in [6.07, 6.45) is 0.945. The van der Waals surface area contributed by atoms with E-state index in [0.29, 0.717) is 17.8 Å². The number of amides is 2. The predicted octanol–water partition coefficient (Wildman–Crippen LogP) is 0.975. The third-order valence-corrected chi connectivity index (χ3v) is 3.42. The Balaban J connectivity index is 1.61. The number of nitrogens with one attached hydrogen (secondary N) is 3. The van der Waals surface area contributed by atoms with E-state index in [4.69, 9.17) is 5.26 Å². The predicted molar refractivity (Wildman–Crippen MR) is 82.1 cm³/mol. The molecule has 112 valence electrons. The van der Waals surface area contributed by atoms with E-state index < -0.39 is 0 Å². The Morgan fingerprint density at radius 3 is 2.67 bits per heavy atom. The minimum Gasteiger partial charge on any atom is -0.338 e. The van der Waals surface area contributed by atoms with Crippen molar-refractivity contribution in [2.24, 2.45) is 0 Å². The number of urea groups is 1. The van der Waals surface area contributed by atoms with E-state index in [-0.39, 0.29) is 6.03 Å². The lowest BCUT2D eigenvalue weighted by Crippen LogP contribution is -2.44. The number of carbonyl (C=O) groups excluding carboxylic acids is 1. The number of anilines is 1. The molecule has 0 aromatic heterocycles. The molecule has 1 fully saturated rings. The van der Waals surface area contributed by atoms with Gasteiger partial charge in [-0.25, -0.2) is 4.79 Å². The van der Waals surface area contributed by atoms with Crippen LogP contribution in [0, 0.1) is 11.3 Å². The molecular weight excluding hydrogens is 266 g/mol. The average molecular weight is 287 g/mol. The fourth-order valence-electron chi connectivity index (χ4n) is 2.24. The van der Waals surface area contributed by atoms with Gasteiger partial charge in [0.2, 0.25) is 0 Å². The molecule has 1 saturated heterocycles. The molecule has 3 N–H and O–H groups in total. The van der Waals surface area contributed by atoms with Crippen molar-refractivity contribution in [3.8, 4) is 6.07 Å². The quantitative estimate of drug-likeness (QED) is 0.705. The Morgan fingerprint density at radius 2 is 2.00 bits per heavy atom. The van der Waals surface area contributed by atoms with Gasteiger partial charge in [-0.2, -0.15) is 5.26 Å². The van der Waals surface area contributed by atoms with Gasteiger partial charge in [-0.1, -0.05) is 0 Å². The van der Waals surface area contributed by atoms with Crippen molar-refractivity contribution in [2.45, 2.75) is 6.42 Å². The van der Waals surface area contributed by atoms with Crippen molar-refractivity contribution in [1.82, 2.24) is 15.5 Å². The number of carbonyl (C=O) groups is 1. The largest absolute Gasteiger partial charge is 0.338 e. The fraction of sp³-hybridized carbons (Fsp3) is 0.467. The van der Waals surface area contributed by atoms with Crippen molar-refractivity contribution in [3.63, 3.8) is 0 Å². The van der Waals surface area contributed by atoms with E-state index in [1.165, 1.54) is 0 Å². The molecule has 0 unspecified atom stereocenters. The number of nitrogens with zero attached hydrogens (tertiary/aromatic N) is 2. The van der Waals surface area contributed by atoms with Crippen molar-refractivity contribution < 1.29 is 4.79 Å². The number of nitriles is 1. The molecule has 2 rings (SSSR count). The molecule has 0 bridgehead atoms. The lowest BCUT2D eigenvalue weighted by molar-refractivity contribution is 0.234. The van der Waals surface area contributed by atoms with Crippen LogP contribution in [0.15, 0.2) is 24.3 Å². The van der Waals surface area contributed by atoms with Crippen molar-refractivity contribution in [2.75, 3.05) is 44.6 Å². The SMILES string of the molecule is N#Cc1ccc(NC(=O)NCCCN2CCNCC2)cc1. The number of rotatable bonds is 5. The maximum atomic E-state index is 11.7. The lowest BCUT2D eigenvalue weighted by atomic mass is 10.2. The first-order valence-corrected chi connectivity index (χ1v) is 7.26. The summed E-state index contributed by atoms with van der Waals surface area (Å²) < 4.78 is 0. The molecule has 0 radical (unpaired) electrons. The topological polar surface area (TPSA) is 80.2 Å². The average Bonchev–Trinajstić information content (AvgIpc) is 2.53. The number of hydrogen-bond acceptors (Lipinski definition) is 4. The van der Waals surface area contributed by atoms with Crippen LogP contribution in [0.4, 0.5) is 10.5 Å². The first-order valence-electron chi connectivity index (χ1n) is 7.26. The van der Waals surface area contributed by atoms with Crippen LogP contribution in [0.3, 0.4) is 0 Å². The van der Waals surface area contributed by atoms with Crippen LogP contribution in [0.25, 0.3) is 0 Å². The summed E-state index contributed by atoms with van der Waals surface area (Å²) in [5, 5.41) is 17.6. The molecule has 0 aliphatic carbocycles. The number of piperazine rings is 1.